The predicted octanol–water partition coefficient (Wildman–Crippen LogP) is 2.94. The summed E-state index contributed by atoms with van der Waals surface area (Å²) in [7, 11) is 1.33. The third-order valence-electron chi connectivity index (χ3n) is 7.16. The highest BCUT2D eigenvalue weighted by Gasteiger charge is 2.54. The lowest BCUT2D eigenvalue weighted by Gasteiger charge is -2.43. The SMILES string of the molecule is COC(=O)CCCC(=O)N1CCC2(CC1)C(=O)N(CC(=O)Nc1cccc(C)c1)CN2c1ccccc1. The first-order valence-electron chi connectivity index (χ1n) is 12.7. The number of carbonyl (C=O) groups excluding carboxylic acids is 4. The maximum atomic E-state index is 13.8. The first-order valence-corrected chi connectivity index (χ1v) is 12.7. The highest BCUT2D eigenvalue weighted by molar-refractivity contribution is 5.99. The molecule has 0 aliphatic carbocycles. The number of nitrogens with zero attached hydrogens (tertiary/aromatic N) is 3. The van der Waals surface area contributed by atoms with E-state index in [1.165, 1.54) is 7.11 Å². The summed E-state index contributed by atoms with van der Waals surface area (Å²) in [5, 5.41) is 2.89. The van der Waals surface area contributed by atoms with Crippen molar-refractivity contribution in [1.82, 2.24) is 9.80 Å². The minimum absolute atomic E-state index is 0.0233. The smallest absolute Gasteiger partial charge is 0.305 e. The summed E-state index contributed by atoms with van der Waals surface area (Å²) in [5.41, 5.74) is 1.84. The van der Waals surface area contributed by atoms with Gasteiger partial charge in [0.1, 0.15) is 12.1 Å². The summed E-state index contributed by atoms with van der Waals surface area (Å²) in [4.78, 5) is 56.2. The Balaban J connectivity index is 1.44. The summed E-state index contributed by atoms with van der Waals surface area (Å²) in [6, 6.07) is 17.3. The molecule has 2 fully saturated rings. The Kier molecular flexibility index (Phi) is 8.11. The summed E-state index contributed by atoms with van der Waals surface area (Å²) in [5.74, 6) is -0.687. The number of nitrogens with one attached hydrogen (secondary N) is 1. The second kappa shape index (κ2) is 11.5. The topological polar surface area (TPSA) is 99.3 Å². The van der Waals surface area contributed by atoms with Crippen LogP contribution in [0, 0.1) is 6.92 Å². The number of hydrogen-bond acceptors (Lipinski definition) is 6. The van der Waals surface area contributed by atoms with Crippen molar-refractivity contribution in [3.8, 4) is 0 Å². The van der Waals surface area contributed by atoms with E-state index in [1.807, 2.05) is 61.5 Å². The van der Waals surface area contributed by atoms with Crippen LogP contribution >= 0.6 is 0 Å². The number of amides is 3. The molecule has 1 spiro atoms. The van der Waals surface area contributed by atoms with Gasteiger partial charge < -0.3 is 24.8 Å². The van der Waals surface area contributed by atoms with Gasteiger partial charge in [0.15, 0.2) is 0 Å². The van der Waals surface area contributed by atoms with Gasteiger partial charge in [0.05, 0.1) is 13.8 Å². The zero-order valence-corrected chi connectivity index (χ0v) is 21.4. The summed E-state index contributed by atoms with van der Waals surface area (Å²) < 4.78 is 4.64. The van der Waals surface area contributed by atoms with Gasteiger partial charge in [-0.25, -0.2) is 0 Å². The zero-order valence-electron chi connectivity index (χ0n) is 21.4. The maximum Gasteiger partial charge on any atom is 0.305 e. The van der Waals surface area contributed by atoms with Gasteiger partial charge in [-0.15, -0.1) is 0 Å². The van der Waals surface area contributed by atoms with E-state index >= 15 is 0 Å². The van der Waals surface area contributed by atoms with Crippen molar-refractivity contribution in [1.29, 1.82) is 0 Å². The van der Waals surface area contributed by atoms with E-state index in [9.17, 15) is 19.2 Å². The first kappa shape index (κ1) is 26.2. The van der Waals surface area contributed by atoms with Gasteiger partial charge in [-0.3, -0.25) is 19.2 Å². The molecule has 196 valence electrons. The number of piperidine rings is 1. The third-order valence-corrected chi connectivity index (χ3v) is 7.16. The average Bonchev–Trinajstić information content (AvgIpc) is 3.15. The molecule has 0 aromatic heterocycles. The van der Waals surface area contributed by atoms with Crippen LogP contribution in [0.2, 0.25) is 0 Å². The van der Waals surface area contributed by atoms with E-state index in [1.54, 1.807) is 9.80 Å². The van der Waals surface area contributed by atoms with Crippen LogP contribution in [-0.4, -0.2) is 72.4 Å². The van der Waals surface area contributed by atoms with Crippen molar-refractivity contribution in [2.45, 2.75) is 44.6 Å². The van der Waals surface area contributed by atoms with Crippen molar-refractivity contribution in [2.24, 2.45) is 0 Å². The maximum absolute atomic E-state index is 13.8. The molecule has 0 bridgehead atoms. The Hall–Kier alpha value is -3.88. The fraction of sp³-hybridized carbons (Fsp3) is 0.429. The van der Waals surface area contributed by atoms with Gasteiger partial charge in [-0.2, -0.15) is 0 Å². The number of aryl methyl sites for hydroxylation is 1. The number of likely N-dealkylation sites (tertiary alicyclic amines) is 1. The Morgan fingerprint density at radius 2 is 1.73 bits per heavy atom. The summed E-state index contributed by atoms with van der Waals surface area (Å²) in [6.45, 7) is 3.09. The van der Waals surface area contributed by atoms with E-state index in [0.29, 0.717) is 44.7 Å². The number of hydrogen-bond donors (Lipinski definition) is 1. The molecule has 2 aliphatic heterocycles. The van der Waals surface area contributed by atoms with Crippen molar-refractivity contribution in [3.63, 3.8) is 0 Å². The molecule has 3 amide bonds. The predicted molar refractivity (Wildman–Crippen MR) is 140 cm³/mol. The van der Waals surface area contributed by atoms with Crippen LogP contribution in [0.15, 0.2) is 54.6 Å². The van der Waals surface area contributed by atoms with E-state index in [4.69, 9.17) is 0 Å². The van der Waals surface area contributed by atoms with E-state index < -0.39 is 5.54 Å². The van der Waals surface area contributed by atoms with Crippen LogP contribution in [0.1, 0.15) is 37.7 Å². The zero-order chi connectivity index (χ0) is 26.4. The molecule has 0 saturated carbocycles. The van der Waals surface area contributed by atoms with Gasteiger partial charge in [-0.05, 0) is 56.0 Å². The highest BCUT2D eigenvalue weighted by Crippen LogP contribution is 2.39. The molecule has 0 radical (unpaired) electrons. The largest absolute Gasteiger partial charge is 0.469 e. The summed E-state index contributed by atoms with van der Waals surface area (Å²) in [6.07, 6.45) is 1.86. The molecular formula is C28H34N4O5. The molecule has 37 heavy (non-hydrogen) atoms. The van der Waals surface area contributed by atoms with Gasteiger partial charge in [0, 0.05) is 37.3 Å². The lowest BCUT2D eigenvalue weighted by molar-refractivity contribution is -0.141. The van der Waals surface area contributed by atoms with Crippen molar-refractivity contribution in [3.05, 3.63) is 60.2 Å². The molecule has 4 rings (SSSR count). The monoisotopic (exact) mass is 506 g/mol. The van der Waals surface area contributed by atoms with E-state index in [2.05, 4.69) is 15.0 Å². The Bertz CT molecular complexity index is 1140. The molecule has 2 aromatic carbocycles. The molecule has 2 heterocycles. The number of anilines is 2. The molecule has 0 unspecified atom stereocenters. The van der Waals surface area contributed by atoms with Crippen molar-refractivity contribution >= 4 is 35.1 Å². The van der Waals surface area contributed by atoms with E-state index in [0.717, 1.165) is 11.3 Å². The minimum Gasteiger partial charge on any atom is -0.469 e. The second-order valence-electron chi connectivity index (χ2n) is 9.67. The van der Waals surface area contributed by atoms with Gasteiger partial charge in [-0.1, -0.05) is 30.3 Å². The average molecular weight is 507 g/mol. The molecule has 9 heteroatoms. The van der Waals surface area contributed by atoms with Crippen molar-refractivity contribution < 1.29 is 23.9 Å². The number of rotatable bonds is 8. The number of para-hydroxylation sites is 1. The number of esters is 1. The molecule has 1 N–H and O–H groups in total. The number of benzene rings is 2. The molecule has 2 aromatic rings. The van der Waals surface area contributed by atoms with Crippen LogP contribution in [-0.2, 0) is 23.9 Å². The minimum atomic E-state index is -0.812. The standard InChI is InChI=1S/C28H34N4O5/c1-21-8-6-9-22(18-21)29-24(33)19-31-20-32(23-10-4-3-5-11-23)28(27(31)36)14-16-30(17-15-28)25(34)12-7-13-26(35)37-2/h3-6,8-11,18H,7,12-17,19-20H2,1-2H3,(H,29,33). The fourth-order valence-corrected chi connectivity index (χ4v) is 5.19. The Morgan fingerprint density at radius 3 is 2.41 bits per heavy atom. The van der Waals surface area contributed by atoms with Crippen LogP contribution in [0.5, 0.6) is 0 Å². The molecule has 2 saturated heterocycles. The van der Waals surface area contributed by atoms with Gasteiger partial charge in [0.25, 0.3) is 5.91 Å². The Labute approximate surface area is 217 Å². The molecule has 9 nitrogen and oxygen atoms in total. The summed E-state index contributed by atoms with van der Waals surface area (Å²) >= 11 is 0. The van der Waals surface area contributed by atoms with Crippen LogP contribution in [0.25, 0.3) is 0 Å². The molecule has 2 aliphatic rings. The first-order chi connectivity index (χ1) is 17.8. The number of carbonyl (C=O) groups is 4. The molecule has 0 atom stereocenters. The normalized spacial score (nSPS) is 16.7. The Morgan fingerprint density at radius 1 is 1.00 bits per heavy atom. The third kappa shape index (κ3) is 5.93. The lowest BCUT2D eigenvalue weighted by atomic mass is 9.85. The molecular weight excluding hydrogens is 472 g/mol. The number of methoxy groups -OCH3 is 1. The number of ether oxygens (including phenoxy) is 1. The van der Waals surface area contributed by atoms with Crippen molar-refractivity contribution in [2.75, 3.05) is 43.6 Å². The second-order valence-corrected chi connectivity index (χ2v) is 9.67. The van der Waals surface area contributed by atoms with Gasteiger partial charge in [0.2, 0.25) is 11.8 Å². The fourth-order valence-electron chi connectivity index (χ4n) is 5.19. The van der Waals surface area contributed by atoms with Gasteiger partial charge >= 0.3 is 5.97 Å². The lowest BCUT2D eigenvalue weighted by Crippen LogP contribution is -2.57. The van der Waals surface area contributed by atoms with Crippen LogP contribution in [0.3, 0.4) is 0 Å². The van der Waals surface area contributed by atoms with Crippen LogP contribution in [0.4, 0.5) is 11.4 Å². The van der Waals surface area contributed by atoms with Crippen LogP contribution < -0.4 is 10.2 Å². The van der Waals surface area contributed by atoms with E-state index in [-0.39, 0.29) is 43.1 Å². The quantitative estimate of drug-likeness (QED) is 0.553. The highest BCUT2D eigenvalue weighted by atomic mass is 16.5.